The lowest BCUT2D eigenvalue weighted by molar-refractivity contribution is 0.355. The molecule has 3 heteroatoms. The highest BCUT2D eigenvalue weighted by molar-refractivity contribution is 5.40. The van der Waals surface area contributed by atoms with E-state index in [0.717, 1.165) is 43.3 Å². The molecule has 0 aromatic carbocycles. The average Bonchev–Trinajstić information content (AvgIpc) is 3.20. The van der Waals surface area contributed by atoms with Crippen LogP contribution in [0.4, 0.5) is 5.82 Å². The van der Waals surface area contributed by atoms with E-state index in [1.165, 1.54) is 24.8 Å². The van der Waals surface area contributed by atoms with Crippen molar-refractivity contribution in [1.29, 1.82) is 0 Å². The summed E-state index contributed by atoms with van der Waals surface area (Å²) in [5, 5.41) is 3.53. The van der Waals surface area contributed by atoms with Gasteiger partial charge in [-0.2, -0.15) is 0 Å². The first-order chi connectivity index (χ1) is 9.20. The third-order valence-corrected chi connectivity index (χ3v) is 4.17. The first kappa shape index (κ1) is 12.9. The molecular formula is C16H25N3. The minimum absolute atomic E-state index is 0.767. The van der Waals surface area contributed by atoms with Crippen molar-refractivity contribution in [2.45, 2.75) is 45.7 Å². The van der Waals surface area contributed by atoms with Crippen LogP contribution < -0.4 is 10.2 Å². The quantitative estimate of drug-likeness (QED) is 0.901. The Balaban J connectivity index is 1.60. The largest absolute Gasteiger partial charge is 0.356 e. The second-order valence-corrected chi connectivity index (χ2v) is 6.53. The number of aromatic nitrogens is 1. The van der Waals surface area contributed by atoms with Crippen LogP contribution in [0.5, 0.6) is 0 Å². The summed E-state index contributed by atoms with van der Waals surface area (Å²) in [5.74, 6) is 2.71. The van der Waals surface area contributed by atoms with Gasteiger partial charge in [0.1, 0.15) is 5.82 Å². The fraction of sp³-hybridized carbons (Fsp3) is 0.688. The third kappa shape index (κ3) is 3.47. The maximum Gasteiger partial charge on any atom is 0.128 e. The van der Waals surface area contributed by atoms with Crippen molar-refractivity contribution in [3.63, 3.8) is 0 Å². The SMILES string of the molecule is CC1CC(C)CN(c2ccc(CNC3CC3)cn2)C1. The van der Waals surface area contributed by atoms with Crippen molar-refractivity contribution < 1.29 is 0 Å². The van der Waals surface area contributed by atoms with E-state index in [2.05, 4.69) is 41.2 Å². The number of nitrogens with zero attached hydrogens (tertiary/aromatic N) is 2. The summed E-state index contributed by atoms with van der Waals surface area (Å²) >= 11 is 0. The number of pyridine rings is 1. The Morgan fingerprint density at radius 2 is 1.95 bits per heavy atom. The molecule has 1 N–H and O–H groups in total. The highest BCUT2D eigenvalue weighted by atomic mass is 15.2. The van der Waals surface area contributed by atoms with Crippen LogP contribution in [0.25, 0.3) is 0 Å². The molecule has 1 aromatic rings. The van der Waals surface area contributed by atoms with E-state index in [4.69, 9.17) is 0 Å². The highest BCUT2D eigenvalue weighted by Gasteiger charge is 2.23. The van der Waals surface area contributed by atoms with E-state index in [-0.39, 0.29) is 0 Å². The highest BCUT2D eigenvalue weighted by Crippen LogP contribution is 2.25. The Morgan fingerprint density at radius 1 is 1.21 bits per heavy atom. The van der Waals surface area contributed by atoms with E-state index in [1.54, 1.807) is 0 Å². The zero-order chi connectivity index (χ0) is 13.2. The van der Waals surface area contributed by atoms with Gasteiger partial charge in [-0.05, 0) is 42.7 Å². The molecule has 104 valence electrons. The molecule has 0 radical (unpaired) electrons. The Hall–Kier alpha value is -1.09. The van der Waals surface area contributed by atoms with E-state index in [9.17, 15) is 0 Å². The normalized spacial score (nSPS) is 27.6. The second-order valence-electron chi connectivity index (χ2n) is 6.53. The molecule has 2 aliphatic rings. The van der Waals surface area contributed by atoms with Crippen LogP contribution in [0.1, 0.15) is 38.7 Å². The molecule has 0 spiro atoms. The molecule has 3 nitrogen and oxygen atoms in total. The molecule has 2 unspecified atom stereocenters. The smallest absolute Gasteiger partial charge is 0.128 e. The van der Waals surface area contributed by atoms with E-state index in [1.807, 2.05) is 6.20 Å². The Bertz CT molecular complexity index is 401. The number of piperidine rings is 1. The summed E-state index contributed by atoms with van der Waals surface area (Å²) in [6.45, 7) is 7.95. The molecule has 1 saturated carbocycles. The lowest BCUT2D eigenvalue weighted by atomic mass is 9.92. The van der Waals surface area contributed by atoms with Gasteiger partial charge in [-0.1, -0.05) is 19.9 Å². The van der Waals surface area contributed by atoms with Crippen LogP contribution in [-0.4, -0.2) is 24.1 Å². The summed E-state index contributed by atoms with van der Waals surface area (Å²) in [7, 11) is 0. The van der Waals surface area contributed by atoms with Gasteiger partial charge >= 0.3 is 0 Å². The molecule has 0 amide bonds. The van der Waals surface area contributed by atoms with Gasteiger partial charge in [-0.25, -0.2) is 4.98 Å². The Morgan fingerprint density at radius 3 is 2.53 bits per heavy atom. The first-order valence-corrected chi connectivity index (χ1v) is 7.64. The fourth-order valence-corrected chi connectivity index (χ4v) is 3.11. The van der Waals surface area contributed by atoms with Crippen LogP contribution in [-0.2, 0) is 6.54 Å². The molecule has 1 aliphatic carbocycles. The summed E-state index contributed by atoms with van der Waals surface area (Å²) in [6.07, 6.45) is 6.07. The molecule has 2 atom stereocenters. The molecule has 1 aliphatic heterocycles. The van der Waals surface area contributed by atoms with Gasteiger partial charge in [0.25, 0.3) is 0 Å². The molecule has 3 rings (SSSR count). The van der Waals surface area contributed by atoms with Crippen molar-refractivity contribution in [3.8, 4) is 0 Å². The Labute approximate surface area is 116 Å². The maximum absolute atomic E-state index is 4.66. The summed E-state index contributed by atoms with van der Waals surface area (Å²) in [6, 6.07) is 5.18. The van der Waals surface area contributed by atoms with Gasteiger partial charge in [0.2, 0.25) is 0 Å². The summed E-state index contributed by atoms with van der Waals surface area (Å²) in [5.41, 5.74) is 1.30. The van der Waals surface area contributed by atoms with Crippen molar-refractivity contribution >= 4 is 5.82 Å². The molecule has 2 heterocycles. The predicted octanol–water partition coefficient (Wildman–Crippen LogP) is 2.82. The van der Waals surface area contributed by atoms with E-state index >= 15 is 0 Å². The molecule has 1 aromatic heterocycles. The summed E-state index contributed by atoms with van der Waals surface area (Å²) < 4.78 is 0. The maximum atomic E-state index is 4.66. The van der Waals surface area contributed by atoms with E-state index < -0.39 is 0 Å². The topological polar surface area (TPSA) is 28.2 Å². The predicted molar refractivity (Wildman–Crippen MR) is 79.3 cm³/mol. The van der Waals surface area contributed by atoms with E-state index in [0.29, 0.717) is 0 Å². The lowest BCUT2D eigenvalue weighted by Gasteiger charge is -2.35. The van der Waals surface area contributed by atoms with Crippen LogP contribution in [0.2, 0.25) is 0 Å². The number of hydrogen-bond acceptors (Lipinski definition) is 3. The average molecular weight is 259 g/mol. The number of hydrogen-bond donors (Lipinski definition) is 1. The Kier molecular flexibility index (Phi) is 3.74. The standard InChI is InChI=1S/C16H25N3/c1-12-7-13(2)11-19(10-12)16-6-3-14(9-18-16)8-17-15-4-5-15/h3,6,9,12-13,15,17H,4-5,7-8,10-11H2,1-2H3. The van der Waals surface area contributed by atoms with Gasteiger partial charge in [-0.15, -0.1) is 0 Å². The molecule has 2 fully saturated rings. The van der Waals surface area contributed by atoms with Crippen LogP contribution in [0.3, 0.4) is 0 Å². The van der Waals surface area contributed by atoms with Gasteiger partial charge in [0, 0.05) is 31.9 Å². The number of rotatable bonds is 4. The minimum atomic E-state index is 0.767. The van der Waals surface area contributed by atoms with Crippen LogP contribution in [0.15, 0.2) is 18.3 Å². The van der Waals surface area contributed by atoms with Gasteiger partial charge < -0.3 is 10.2 Å². The van der Waals surface area contributed by atoms with Crippen LogP contribution >= 0.6 is 0 Å². The number of anilines is 1. The molecule has 0 bridgehead atoms. The zero-order valence-corrected chi connectivity index (χ0v) is 12.1. The van der Waals surface area contributed by atoms with Crippen LogP contribution in [0, 0.1) is 11.8 Å². The van der Waals surface area contributed by atoms with Gasteiger partial charge in [-0.3, -0.25) is 0 Å². The first-order valence-electron chi connectivity index (χ1n) is 7.64. The molecular weight excluding hydrogens is 234 g/mol. The monoisotopic (exact) mass is 259 g/mol. The van der Waals surface area contributed by atoms with Crippen molar-refractivity contribution in [2.75, 3.05) is 18.0 Å². The van der Waals surface area contributed by atoms with Crippen molar-refractivity contribution in [1.82, 2.24) is 10.3 Å². The zero-order valence-electron chi connectivity index (χ0n) is 12.1. The summed E-state index contributed by atoms with van der Waals surface area (Å²) in [4.78, 5) is 7.10. The van der Waals surface area contributed by atoms with Gasteiger partial charge in [0.15, 0.2) is 0 Å². The lowest BCUT2D eigenvalue weighted by Crippen LogP contribution is -2.39. The molecule has 1 saturated heterocycles. The second kappa shape index (κ2) is 5.49. The van der Waals surface area contributed by atoms with Gasteiger partial charge in [0.05, 0.1) is 0 Å². The fourth-order valence-electron chi connectivity index (χ4n) is 3.11. The third-order valence-electron chi connectivity index (χ3n) is 4.17. The van der Waals surface area contributed by atoms with Crippen molar-refractivity contribution in [3.05, 3.63) is 23.9 Å². The minimum Gasteiger partial charge on any atom is -0.356 e. The van der Waals surface area contributed by atoms with Crippen molar-refractivity contribution in [2.24, 2.45) is 11.8 Å². The number of nitrogens with one attached hydrogen (secondary N) is 1. The molecule has 19 heavy (non-hydrogen) atoms.